The molecule has 1 amide bonds. The number of ether oxygens (including phenoxy) is 1. The Labute approximate surface area is 122 Å². The molecule has 1 aliphatic rings. The highest BCUT2D eigenvalue weighted by atomic mass is 79.9. The molecule has 1 aliphatic heterocycles. The lowest BCUT2D eigenvalue weighted by Gasteiger charge is -2.27. The predicted molar refractivity (Wildman–Crippen MR) is 75.8 cm³/mol. The van der Waals surface area contributed by atoms with Crippen molar-refractivity contribution in [2.45, 2.75) is 4.90 Å². The fourth-order valence-corrected chi connectivity index (χ4v) is 3.12. The van der Waals surface area contributed by atoms with E-state index in [0.717, 1.165) is 8.95 Å². The Kier molecular flexibility index (Phi) is 4.52. The topological polar surface area (TPSA) is 29.5 Å². The molecule has 0 N–H and O–H groups in total. The van der Waals surface area contributed by atoms with Crippen molar-refractivity contribution in [3.8, 4) is 0 Å². The zero-order valence-electron chi connectivity index (χ0n) is 8.95. The summed E-state index contributed by atoms with van der Waals surface area (Å²) in [5.41, 5.74) is 0.608. The van der Waals surface area contributed by atoms with Gasteiger partial charge in [0.05, 0.1) is 18.8 Å². The van der Waals surface area contributed by atoms with Crippen LogP contribution in [0.3, 0.4) is 0 Å². The molecule has 0 spiro atoms. The van der Waals surface area contributed by atoms with Crippen molar-refractivity contribution < 1.29 is 9.53 Å². The average Bonchev–Trinajstić information content (AvgIpc) is 2.34. The Morgan fingerprint density at radius 2 is 1.94 bits per heavy atom. The zero-order valence-corrected chi connectivity index (χ0v) is 13.0. The van der Waals surface area contributed by atoms with Crippen molar-refractivity contribution in [1.82, 2.24) is 4.90 Å². The number of halogens is 2. The molecule has 1 saturated heterocycles. The van der Waals surface area contributed by atoms with Gasteiger partial charge in [0.25, 0.3) is 5.91 Å². The van der Waals surface area contributed by atoms with Gasteiger partial charge in [-0.2, -0.15) is 0 Å². The van der Waals surface area contributed by atoms with Gasteiger partial charge in [-0.05, 0) is 28.1 Å². The second-order valence-corrected chi connectivity index (χ2v) is 5.91. The van der Waals surface area contributed by atoms with Gasteiger partial charge in [0.2, 0.25) is 0 Å². The number of carbonyl (C=O) groups excluding carboxylic acids is 1. The van der Waals surface area contributed by atoms with Crippen LogP contribution in [0.5, 0.6) is 0 Å². The van der Waals surface area contributed by atoms with E-state index in [1.165, 1.54) is 0 Å². The van der Waals surface area contributed by atoms with Crippen LogP contribution in [-0.4, -0.2) is 37.1 Å². The van der Waals surface area contributed by atoms with Crippen molar-refractivity contribution >= 4 is 50.4 Å². The molecule has 17 heavy (non-hydrogen) atoms. The standard InChI is InChI=1S/C11H11Br2NO2S/c12-7-5-8(10(17)9(13)6-7)11(15)14-1-3-16-4-2-14/h5-6,17H,1-4H2. The lowest BCUT2D eigenvalue weighted by Crippen LogP contribution is -2.40. The van der Waals surface area contributed by atoms with Gasteiger partial charge in [-0.15, -0.1) is 12.6 Å². The molecule has 1 heterocycles. The lowest BCUT2D eigenvalue weighted by atomic mass is 10.2. The number of nitrogens with zero attached hydrogens (tertiary/aromatic N) is 1. The van der Waals surface area contributed by atoms with Crippen LogP contribution in [0.25, 0.3) is 0 Å². The molecule has 0 bridgehead atoms. The first kappa shape index (κ1) is 13.4. The second kappa shape index (κ2) is 5.73. The van der Waals surface area contributed by atoms with Gasteiger partial charge in [-0.25, -0.2) is 0 Å². The third-order valence-electron chi connectivity index (χ3n) is 2.56. The summed E-state index contributed by atoms with van der Waals surface area (Å²) >= 11 is 11.1. The first-order valence-corrected chi connectivity index (χ1v) is 7.18. The maximum Gasteiger partial charge on any atom is 0.255 e. The van der Waals surface area contributed by atoms with Crippen molar-refractivity contribution in [2.75, 3.05) is 26.3 Å². The van der Waals surface area contributed by atoms with Gasteiger partial charge in [-0.1, -0.05) is 15.9 Å². The van der Waals surface area contributed by atoms with Crippen molar-refractivity contribution in [3.05, 3.63) is 26.6 Å². The summed E-state index contributed by atoms with van der Waals surface area (Å²) in [6.07, 6.45) is 0. The number of benzene rings is 1. The van der Waals surface area contributed by atoms with E-state index in [0.29, 0.717) is 36.8 Å². The summed E-state index contributed by atoms with van der Waals surface area (Å²) in [7, 11) is 0. The van der Waals surface area contributed by atoms with Gasteiger partial charge >= 0.3 is 0 Å². The van der Waals surface area contributed by atoms with Gasteiger partial charge in [0, 0.05) is 26.9 Å². The molecule has 1 aromatic carbocycles. The van der Waals surface area contributed by atoms with Gasteiger partial charge < -0.3 is 9.64 Å². The van der Waals surface area contributed by atoms with Crippen molar-refractivity contribution in [1.29, 1.82) is 0 Å². The molecule has 2 rings (SSSR count). The maximum atomic E-state index is 12.3. The van der Waals surface area contributed by atoms with E-state index < -0.39 is 0 Å². The number of hydrogen-bond donors (Lipinski definition) is 1. The summed E-state index contributed by atoms with van der Waals surface area (Å²) in [5, 5.41) is 0. The summed E-state index contributed by atoms with van der Waals surface area (Å²) in [5.74, 6) is 0.000278. The van der Waals surface area contributed by atoms with E-state index in [4.69, 9.17) is 4.74 Å². The number of hydrogen-bond acceptors (Lipinski definition) is 3. The molecular weight excluding hydrogens is 370 g/mol. The highest BCUT2D eigenvalue weighted by Crippen LogP contribution is 2.29. The minimum Gasteiger partial charge on any atom is -0.378 e. The largest absolute Gasteiger partial charge is 0.378 e. The molecule has 0 saturated carbocycles. The van der Waals surface area contributed by atoms with E-state index in [-0.39, 0.29) is 5.91 Å². The molecule has 92 valence electrons. The van der Waals surface area contributed by atoms with E-state index in [1.54, 1.807) is 11.0 Å². The van der Waals surface area contributed by atoms with Crippen LogP contribution >= 0.6 is 44.5 Å². The molecular formula is C11H11Br2NO2S. The Balaban J connectivity index is 2.29. The van der Waals surface area contributed by atoms with Crippen LogP contribution in [-0.2, 0) is 4.74 Å². The number of morpholine rings is 1. The summed E-state index contributed by atoms with van der Waals surface area (Å²) < 4.78 is 6.90. The fourth-order valence-electron chi connectivity index (χ4n) is 1.67. The van der Waals surface area contributed by atoms with Gasteiger partial charge in [-0.3, -0.25) is 4.79 Å². The van der Waals surface area contributed by atoms with Crippen LogP contribution in [0.15, 0.2) is 26.0 Å². The quantitative estimate of drug-likeness (QED) is 0.759. The first-order valence-electron chi connectivity index (χ1n) is 5.14. The van der Waals surface area contributed by atoms with Crippen LogP contribution in [0.2, 0.25) is 0 Å². The molecule has 0 aromatic heterocycles. The van der Waals surface area contributed by atoms with Crippen LogP contribution in [0.4, 0.5) is 0 Å². The van der Waals surface area contributed by atoms with Gasteiger partial charge in [0.1, 0.15) is 0 Å². The second-order valence-electron chi connectivity index (χ2n) is 3.69. The summed E-state index contributed by atoms with van der Waals surface area (Å²) in [4.78, 5) is 14.8. The third kappa shape index (κ3) is 3.05. The zero-order chi connectivity index (χ0) is 12.4. The Hall–Kier alpha value is -0.0400. The Bertz CT molecular complexity index is 447. The van der Waals surface area contributed by atoms with E-state index in [9.17, 15) is 4.79 Å². The average molecular weight is 381 g/mol. The Morgan fingerprint density at radius 3 is 2.59 bits per heavy atom. The van der Waals surface area contributed by atoms with Gasteiger partial charge in [0.15, 0.2) is 0 Å². The number of thiol groups is 1. The van der Waals surface area contributed by atoms with Crippen LogP contribution < -0.4 is 0 Å². The minimum atomic E-state index is 0.000278. The fraction of sp³-hybridized carbons (Fsp3) is 0.364. The number of amides is 1. The molecule has 0 radical (unpaired) electrons. The van der Waals surface area contributed by atoms with Crippen molar-refractivity contribution in [3.63, 3.8) is 0 Å². The molecule has 0 unspecified atom stereocenters. The van der Waals surface area contributed by atoms with Crippen LogP contribution in [0.1, 0.15) is 10.4 Å². The molecule has 1 aromatic rings. The first-order chi connectivity index (χ1) is 8.09. The number of rotatable bonds is 1. The number of carbonyl (C=O) groups is 1. The molecule has 1 fully saturated rings. The van der Waals surface area contributed by atoms with E-state index in [2.05, 4.69) is 44.5 Å². The Morgan fingerprint density at radius 1 is 1.29 bits per heavy atom. The monoisotopic (exact) mass is 379 g/mol. The highest BCUT2D eigenvalue weighted by molar-refractivity contribution is 9.11. The lowest BCUT2D eigenvalue weighted by molar-refractivity contribution is 0.0300. The predicted octanol–water partition coefficient (Wildman–Crippen LogP) is 2.97. The maximum absolute atomic E-state index is 12.3. The normalized spacial score (nSPS) is 16.1. The third-order valence-corrected chi connectivity index (χ3v) is 4.43. The molecule has 3 nitrogen and oxygen atoms in total. The molecule has 0 atom stereocenters. The molecule has 0 aliphatic carbocycles. The van der Waals surface area contributed by atoms with Crippen LogP contribution in [0, 0.1) is 0 Å². The van der Waals surface area contributed by atoms with E-state index in [1.807, 2.05) is 6.07 Å². The SMILES string of the molecule is O=C(c1cc(Br)cc(Br)c1S)N1CCOCC1. The highest BCUT2D eigenvalue weighted by Gasteiger charge is 2.21. The van der Waals surface area contributed by atoms with E-state index >= 15 is 0 Å². The van der Waals surface area contributed by atoms with Crippen molar-refractivity contribution in [2.24, 2.45) is 0 Å². The smallest absolute Gasteiger partial charge is 0.255 e. The summed E-state index contributed by atoms with van der Waals surface area (Å²) in [6, 6.07) is 3.67. The minimum absolute atomic E-state index is 0.000278. The summed E-state index contributed by atoms with van der Waals surface area (Å²) in [6.45, 7) is 2.47. The molecule has 6 heteroatoms.